The number of nitrogens with one attached hydrogen (secondary N) is 2. The second kappa shape index (κ2) is 6.08. The van der Waals surface area contributed by atoms with Gasteiger partial charge in [-0.25, -0.2) is 13.5 Å². The molecule has 0 aliphatic carbocycles. The molecule has 0 radical (unpaired) electrons. The third-order valence-corrected chi connectivity index (χ3v) is 3.84. The SMILES string of the molecule is Cc1ccn(-c2ccccc2CNC(=O)C2CC(F)(F)CN2)n1. The van der Waals surface area contributed by atoms with Gasteiger partial charge in [-0.2, -0.15) is 5.10 Å². The van der Waals surface area contributed by atoms with E-state index in [-0.39, 0.29) is 6.54 Å². The standard InChI is InChI=1S/C16H18F2N4O/c1-11-6-7-22(21-11)14-5-3-2-4-12(14)9-19-15(23)13-8-16(17,18)10-20-13/h2-7,13,20H,8-10H2,1H3,(H,19,23). The number of alkyl halides is 2. The van der Waals surface area contributed by atoms with Crippen molar-refractivity contribution in [3.8, 4) is 5.69 Å². The molecule has 1 aromatic carbocycles. The van der Waals surface area contributed by atoms with Gasteiger partial charge in [0.25, 0.3) is 5.92 Å². The summed E-state index contributed by atoms with van der Waals surface area (Å²) in [7, 11) is 0. The summed E-state index contributed by atoms with van der Waals surface area (Å²) in [5, 5.41) is 9.63. The molecule has 2 aromatic rings. The number of carbonyl (C=O) groups is 1. The van der Waals surface area contributed by atoms with E-state index in [1.165, 1.54) is 0 Å². The predicted molar refractivity (Wildman–Crippen MR) is 81.5 cm³/mol. The number of amides is 1. The average Bonchev–Trinajstić information content (AvgIpc) is 3.10. The van der Waals surface area contributed by atoms with Gasteiger partial charge >= 0.3 is 0 Å². The zero-order valence-corrected chi connectivity index (χ0v) is 12.7. The first-order valence-electron chi connectivity index (χ1n) is 7.44. The van der Waals surface area contributed by atoms with Gasteiger partial charge in [0.2, 0.25) is 5.91 Å². The van der Waals surface area contributed by atoms with Crippen LogP contribution in [0.5, 0.6) is 0 Å². The minimum atomic E-state index is -2.81. The molecular formula is C16H18F2N4O. The molecule has 1 aliphatic heterocycles. The summed E-state index contributed by atoms with van der Waals surface area (Å²) < 4.78 is 28.0. The van der Waals surface area contributed by atoms with E-state index >= 15 is 0 Å². The van der Waals surface area contributed by atoms with E-state index in [2.05, 4.69) is 15.7 Å². The van der Waals surface area contributed by atoms with Crippen molar-refractivity contribution >= 4 is 5.91 Å². The van der Waals surface area contributed by atoms with Gasteiger partial charge in [0.15, 0.2) is 0 Å². The van der Waals surface area contributed by atoms with Crippen LogP contribution in [0.1, 0.15) is 17.7 Å². The Bertz CT molecular complexity index is 714. The minimum Gasteiger partial charge on any atom is -0.351 e. The number of carbonyl (C=O) groups excluding carboxylic acids is 1. The van der Waals surface area contributed by atoms with E-state index < -0.39 is 30.8 Å². The Morgan fingerprint density at radius 2 is 2.22 bits per heavy atom. The summed E-state index contributed by atoms with van der Waals surface area (Å²) in [5.74, 6) is -3.22. The number of aromatic nitrogens is 2. The fourth-order valence-electron chi connectivity index (χ4n) is 2.64. The molecule has 1 fully saturated rings. The van der Waals surface area contributed by atoms with Gasteiger partial charge in [-0.3, -0.25) is 10.1 Å². The molecule has 7 heteroatoms. The van der Waals surface area contributed by atoms with Gasteiger partial charge in [-0.05, 0) is 24.6 Å². The normalized spacial score (nSPS) is 19.7. The Morgan fingerprint density at radius 3 is 2.87 bits per heavy atom. The topological polar surface area (TPSA) is 59.0 Å². The number of nitrogens with zero attached hydrogens (tertiary/aromatic N) is 2. The summed E-state index contributed by atoms with van der Waals surface area (Å²) >= 11 is 0. The molecule has 0 spiro atoms. The van der Waals surface area contributed by atoms with Gasteiger partial charge < -0.3 is 5.32 Å². The smallest absolute Gasteiger partial charge is 0.262 e. The van der Waals surface area contributed by atoms with Crippen LogP contribution in [0.2, 0.25) is 0 Å². The van der Waals surface area contributed by atoms with Crippen LogP contribution < -0.4 is 10.6 Å². The number of hydrogen-bond donors (Lipinski definition) is 2. The lowest BCUT2D eigenvalue weighted by atomic mass is 10.1. The van der Waals surface area contributed by atoms with Gasteiger partial charge in [0.1, 0.15) is 0 Å². The molecule has 1 saturated heterocycles. The zero-order valence-electron chi connectivity index (χ0n) is 12.7. The maximum absolute atomic E-state index is 13.2. The molecule has 122 valence electrons. The molecule has 1 amide bonds. The second-order valence-corrected chi connectivity index (χ2v) is 5.74. The van der Waals surface area contributed by atoms with E-state index in [1.54, 1.807) is 4.68 Å². The Morgan fingerprint density at radius 1 is 1.43 bits per heavy atom. The highest BCUT2D eigenvalue weighted by molar-refractivity contribution is 5.82. The van der Waals surface area contributed by atoms with Crippen LogP contribution in [0.15, 0.2) is 36.5 Å². The molecule has 1 aliphatic rings. The lowest BCUT2D eigenvalue weighted by molar-refractivity contribution is -0.123. The first-order valence-corrected chi connectivity index (χ1v) is 7.44. The van der Waals surface area contributed by atoms with E-state index in [1.807, 2.05) is 43.5 Å². The van der Waals surface area contributed by atoms with Crippen molar-refractivity contribution in [1.29, 1.82) is 0 Å². The van der Waals surface area contributed by atoms with Crippen LogP contribution >= 0.6 is 0 Å². The van der Waals surface area contributed by atoms with Crippen LogP contribution in [0.4, 0.5) is 8.78 Å². The molecule has 1 unspecified atom stereocenters. The third-order valence-electron chi connectivity index (χ3n) is 3.84. The summed E-state index contributed by atoms with van der Waals surface area (Å²) in [5.41, 5.74) is 2.61. The van der Waals surface area contributed by atoms with Crippen molar-refractivity contribution < 1.29 is 13.6 Å². The van der Waals surface area contributed by atoms with Crippen LogP contribution in [-0.2, 0) is 11.3 Å². The highest BCUT2D eigenvalue weighted by Gasteiger charge is 2.42. The van der Waals surface area contributed by atoms with Crippen LogP contribution in [-0.4, -0.2) is 34.2 Å². The Labute approximate surface area is 132 Å². The minimum absolute atomic E-state index is 0.262. The van der Waals surface area contributed by atoms with Crippen molar-refractivity contribution in [3.05, 3.63) is 47.8 Å². The number of rotatable bonds is 4. The number of benzene rings is 1. The molecule has 1 atom stereocenters. The molecule has 1 aromatic heterocycles. The highest BCUT2D eigenvalue weighted by atomic mass is 19.3. The number of para-hydroxylation sites is 1. The molecule has 23 heavy (non-hydrogen) atoms. The quantitative estimate of drug-likeness (QED) is 0.903. The maximum Gasteiger partial charge on any atom is 0.262 e. The second-order valence-electron chi connectivity index (χ2n) is 5.74. The molecule has 0 bridgehead atoms. The zero-order chi connectivity index (χ0) is 16.4. The Balaban J connectivity index is 1.68. The Hall–Kier alpha value is -2.28. The number of halogens is 2. The van der Waals surface area contributed by atoms with Gasteiger partial charge in [0.05, 0.1) is 24.0 Å². The predicted octanol–water partition coefficient (Wildman–Crippen LogP) is 1.79. The van der Waals surface area contributed by atoms with Crippen molar-refractivity contribution in [2.75, 3.05) is 6.54 Å². The first-order chi connectivity index (χ1) is 10.9. The molecule has 5 nitrogen and oxygen atoms in total. The lowest BCUT2D eigenvalue weighted by Crippen LogP contribution is -2.40. The lowest BCUT2D eigenvalue weighted by Gasteiger charge is -2.13. The number of aryl methyl sites for hydroxylation is 1. The van der Waals surface area contributed by atoms with Crippen molar-refractivity contribution in [1.82, 2.24) is 20.4 Å². The summed E-state index contributed by atoms with van der Waals surface area (Å²) in [4.78, 5) is 12.0. The van der Waals surface area contributed by atoms with Crippen LogP contribution in [0.25, 0.3) is 5.69 Å². The van der Waals surface area contributed by atoms with E-state index in [0.29, 0.717) is 0 Å². The molecule has 0 saturated carbocycles. The van der Waals surface area contributed by atoms with Crippen LogP contribution in [0.3, 0.4) is 0 Å². The fraction of sp³-hybridized carbons (Fsp3) is 0.375. The summed E-state index contributed by atoms with van der Waals surface area (Å²) in [6, 6.07) is 8.57. The third kappa shape index (κ3) is 3.56. The molecular weight excluding hydrogens is 302 g/mol. The van der Waals surface area contributed by atoms with E-state index in [9.17, 15) is 13.6 Å². The van der Waals surface area contributed by atoms with Gasteiger partial charge in [-0.15, -0.1) is 0 Å². The summed E-state index contributed by atoms with van der Waals surface area (Å²) in [6.45, 7) is 1.71. The Kier molecular flexibility index (Phi) is 4.12. The van der Waals surface area contributed by atoms with Crippen molar-refractivity contribution in [2.45, 2.75) is 31.9 Å². The molecule has 3 rings (SSSR count). The number of hydrogen-bond acceptors (Lipinski definition) is 3. The van der Waals surface area contributed by atoms with E-state index in [0.717, 1.165) is 16.9 Å². The largest absolute Gasteiger partial charge is 0.351 e. The van der Waals surface area contributed by atoms with Crippen molar-refractivity contribution in [3.63, 3.8) is 0 Å². The monoisotopic (exact) mass is 320 g/mol. The average molecular weight is 320 g/mol. The molecule has 2 N–H and O–H groups in total. The maximum atomic E-state index is 13.2. The highest BCUT2D eigenvalue weighted by Crippen LogP contribution is 2.25. The van der Waals surface area contributed by atoms with E-state index in [4.69, 9.17) is 0 Å². The van der Waals surface area contributed by atoms with Crippen molar-refractivity contribution in [2.24, 2.45) is 0 Å². The first kappa shape index (κ1) is 15.6. The summed E-state index contributed by atoms with van der Waals surface area (Å²) in [6.07, 6.45) is 1.38. The fourth-order valence-corrected chi connectivity index (χ4v) is 2.64. The van der Waals surface area contributed by atoms with Gasteiger partial charge in [0, 0.05) is 19.2 Å². The van der Waals surface area contributed by atoms with Crippen LogP contribution in [0, 0.1) is 6.92 Å². The van der Waals surface area contributed by atoms with Gasteiger partial charge in [-0.1, -0.05) is 18.2 Å². The molecule has 2 heterocycles.